The number of nitrogen functional groups attached to an aromatic ring is 1. The number of fused-ring (bicyclic) bond motifs is 1. The molecule has 0 atom stereocenters. The zero-order chi connectivity index (χ0) is 12.7. The Labute approximate surface area is 106 Å². The van der Waals surface area contributed by atoms with Crippen LogP contribution in [0.2, 0.25) is 0 Å². The second-order valence-corrected chi connectivity index (χ2v) is 4.89. The number of aryl methyl sites for hydroxylation is 2. The number of aromatic nitrogens is 3. The van der Waals surface area contributed by atoms with E-state index in [9.17, 15) is 0 Å². The molecule has 1 aliphatic heterocycles. The summed E-state index contributed by atoms with van der Waals surface area (Å²) in [6, 6.07) is 4.27. The lowest BCUT2D eigenvalue weighted by molar-refractivity contribution is 0.712. The average molecular weight is 243 g/mol. The monoisotopic (exact) mass is 243 g/mol. The van der Waals surface area contributed by atoms with E-state index in [1.165, 1.54) is 11.3 Å². The molecule has 3 rings (SSSR count). The molecule has 0 saturated carbocycles. The summed E-state index contributed by atoms with van der Waals surface area (Å²) in [5.74, 6) is 0. The molecular weight excluding hydrogens is 226 g/mol. The third-order valence-corrected chi connectivity index (χ3v) is 3.46. The largest absolute Gasteiger partial charge is 0.398 e. The Morgan fingerprint density at radius 1 is 1.39 bits per heavy atom. The minimum absolute atomic E-state index is 0.795. The minimum Gasteiger partial charge on any atom is -0.398 e. The smallest absolute Gasteiger partial charge is 0.102 e. The molecular formula is C13H17N5. The first kappa shape index (κ1) is 11.1. The SMILES string of the molecule is Cc1cc2c(cc1N)N(Cc1cn(C)nn1)CC2. The quantitative estimate of drug-likeness (QED) is 0.807. The molecule has 0 bridgehead atoms. The number of anilines is 2. The van der Waals surface area contributed by atoms with E-state index in [0.717, 1.165) is 36.5 Å². The van der Waals surface area contributed by atoms with Crippen LogP contribution in [0.5, 0.6) is 0 Å². The van der Waals surface area contributed by atoms with Gasteiger partial charge in [-0.25, -0.2) is 0 Å². The summed E-state index contributed by atoms with van der Waals surface area (Å²) in [7, 11) is 1.88. The Balaban J connectivity index is 1.88. The van der Waals surface area contributed by atoms with Crippen molar-refractivity contribution in [1.82, 2.24) is 15.0 Å². The molecule has 1 aromatic carbocycles. The molecule has 1 aromatic heterocycles. The maximum absolute atomic E-state index is 5.99. The summed E-state index contributed by atoms with van der Waals surface area (Å²) in [6.07, 6.45) is 3.03. The summed E-state index contributed by atoms with van der Waals surface area (Å²) >= 11 is 0. The van der Waals surface area contributed by atoms with E-state index < -0.39 is 0 Å². The number of hydrogen-bond donors (Lipinski definition) is 1. The van der Waals surface area contributed by atoms with Gasteiger partial charge in [0.1, 0.15) is 5.69 Å². The first-order chi connectivity index (χ1) is 8.63. The highest BCUT2D eigenvalue weighted by atomic mass is 15.4. The Kier molecular flexibility index (Phi) is 2.47. The second-order valence-electron chi connectivity index (χ2n) is 4.89. The zero-order valence-electron chi connectivity index (χ0n) is 10.7. The topological polar surface area (TPSA) is 60.0 Å². The van der Waals surface area contributed by atoms with Gasteiger partial charge in [0, 0.05) is 31.2 Å². The number of rotatable bonds is 2. The molecule has 5 heteroatoms. The highest BCUT2D eigenvalue weighted by Crippen LogP contribution is 2.32. The van der Waals surface area contributed by atoms with Crippen LogP contribution in [0.25, 0.3) is 0 Å². The van der Waals surface area contributed by atoms with Crippen molar-refractivity contribution in [3.8, 4) is 0 Å². The number of nitrogens with two attached hydrogens (primary N) is 1. The summed E-state index contributed by atoms with van der Waals surface area (Å²) < 4.78 is 1.73. The Morgan fingerprint density at radius 3 is 2.94 bits per heavy atom. The minimum atomic E-state index is 0.795. The molecule has 0 unspecified atom stereocenters. The molecule has 2 heterocycles. The van der Waals surface area contributed by atoms with E-state index in [1.54, 1.807) is 4.68 Å². The molecule has 0 aliphatic carbocycles. The lowest BCUT2D eigenvalue weighted by Crippen LogP contribution is -2.20. The van der Waals surface area contributed by atoms with Gasteiger partial charge >= 0.3 is 0 Å². The molecule has 0 radical (unpaired) electrons. The molecule has 0 fully saturated rings. The van der Waals surface area contributed by atoms with E-state index in [2.05, 4.69) is 34.3 Å². The average Bonchev–Trinajstić information content (AvgIpc) is 2.89. The lowest BCUT2D eigenvalue weighted by Gasteiger charge is -2.18. The lowest BCUT2D eigenvalue weighted by atomic mass is 10.1. The first-order valence-corrected chi connectivity index (χ1v) is 6.12. The van der Waals surface area contributed by atoms with Gasteiger partial charge in [-0.15, -0.1) is 5.10 Å². The van der Waals surface area contributed by atoms with Gasteiger partial charge < -0.3 is 10.6 Å². The van der Waals surface area contributed by atoms with Gasteiger partial charge in [0.15, 0.2) is 0 Å². The first-order valence-electron chi connectivity index (χ1n) is 6.12. The van der Waals surface area contributed by atoms with Gasteiger partial charge in [0.05, 0.1) is 6.54 Å². The molecule has 5 nitrogen and oxygen atoms in total. The van der Waals surface area contributed by atoms with Gasteiger partial charge in [-0.3, -0.25) is 4.68 Å². The fourth-order valence-corrected chi connectivity index (χ4v) is 2.47. The van der Waals surface area contributed by atoms with E-state index in [0.29, 0.717) is 0 Å². The van der Waals surface area contributed by atoms with Crippen LogP contribution in [-0.2, 0) is 20.0 Å². The fraction of sp³-hybridized carbons (Fsp3) is 0.385. The highest BCUT2D eigenvalue weighted by molar-refractivity contribution is 5.67. The van der Waals surface area contributed by atoms with Gasteiger partial charge in [-0.1, -0.05) is 11.3 Å². The van der Waals surface area contributed by atoms with E-state index in [1.807, 2.05) is 13.2 Å². The normalized spacial score (nSPS) is 14.0. The highest BCUT2D eigenvalue weighted by Gasteiger charge is 2.20. The number of hydrogen-bond acceptors (Lipinski definition) is 4. The van der Waals surface area contributed by atoms with Gasteiger partial charge in [-0.2, -0.15) is 0 Å². The zero-order valence-corrected chi connectivity index (χ0v) is 10.7. The molecule has 2 aromatic rings. The van der Waals surface area contributed by atoms with Crippen molar-refractivity contribution in [2.45, 2.75) is 19.9 Å². The van der Waals surface area contributed by atoms with Crippen LogP contribution in [0.15, 0.2) is 18.3 Å². The molecule has 0 amide bonds. The Hall–Kier alpha value is -2.04. The van der Waals surface area contributed by atoms with Crippen molar-refractivity contribution in [1.29, 1.82) is 0 Å². The van der Waals surface area contributed by atoms with Crippen molar-refractivity contribution < 1.29 is 0 Å². The Bertz CT molecular complexity index is 587. The van der Waals surface area contributed by atoms with Crippen LogP contribution < -0.4 is 10.6 Å². The second kappa shape index (κ2) is 4.01. The predicted octanol–water partition coefficient (Wildman–Crippen LogP) is 1.27. The van der Waals surface area contributed by atoms with Gasteiger partial charge in [0.25, 0.3) is 0 Å². The van der Waals surface area contributed by atoms with Gasteiger partial charge in [-0.05, 0) is 30.5 Å². The summed E-state index contributed by atoms with van der Waals surface area (Å²) in [5.41, 5.74) is 11.6. The summed E-state index contributed by atoms with van der Waals surface area (Å²) in [5, 5.41) is 8.09. The van der Waals surface area contributed by atoms with Crippen LogP contribution in [0.3, 0.4) is 0 Å². The molecule has 0 spiro atoms. The standard InChI is InChI=1S/C13H17N5/c1-9-5-10-3-4-18(13(10)6-12(9)14)8-11-7-17(2)16-15-11/h5-7H,3-4,8,14H2,1-2H3. The van der Waals surface area contributed by atoms with Crippen molar-refractivity contribution in [2.24, 2.45) is 7.05 Å². The number of benzene rings is 1. The molecule has 1 aliphatic rings. The number of nitrogens with zero attached hydrogens (tertiary/aromatic N) is 4. The van der Waals surface area contributed by atoms with Crippen LogP contribution in [-0.4, -0.2) is 21.5 Å². The molecule has 0 saturated heterocycles. The van der Waals surface area contributed by atoms with E-state index >= 15 is 0 Å². The van der Waals surface area contributed by atoms with Crippen LogP contribution in [0, 0.1) is 6.92 Å². The maximum Gasteiger partial charge on any atom is 0.102 e. The summed E-state index contributed by atoms with van der Waals surface area (Å²) in [6.45, 7) is 3.87. The molecule has 18 heavy (non-hydrogen) atoms. The van der Waals surface area contributed by atoms with Crippen molar-refractivity contribution in [3.05, 3.63) is 35.2 Å². The maximum atomic E-state index is 5.99. The predicted molar refractivity (Wildman–Crippen MR) is 71.3 cm³/mol. The fourth-order valence-electron chi connectivity index (χ4n) is 2.47. The van der Waals surface area contributed by atoms with E-state index in [4.69, 9.17) is 5.73 Å². The third-order valence-electron chi connectivity index (χ3n) is 3.46. The third kappa shape index (κ3) is 1.81. The van der Waals surface area contributed by atoms with Gasteiger partial charge in [0.2, 0.25) is 0 Å². The molecule has 2 N–H and O–H groups in total. The van der Waals surface area contributed by atoms with Crippen LogP contribution >= 0.6 is 0 Å². The van der Waals surface area contributed by atoms with E-state index in [-0.39, 0.29) is 0 Å². The molecule has 94 valence electrons. The van der Waals surface area contributed by atoms with Crippen LogP contribution in [0.4, 0.5) is 11.4 Å². The Morgan fingerprint density at radius 2 is 2.22 bits per heavy atom. The summed E-state index contributed by atoms with van der Waals surface area (Å²) in [4.78, 5) is 2.31. The van der Waals surface area contributed by atoms with Crippen molar-refractivity contribution in [2.75, 3.05) is 17.2 Å². The van der Waals surface area contributed by atoms with Crippen molar-refractivity contribution in [3.63, 3.8) is 0 Å². The van der Waals surface area contributed by atoms with Crippen LogP contribution in [0.1, 0.15) is 16.8 Å². The van der Waals surface area contributed by atoms with Crippen molar-refractivity contribution >= 4 is 11.4 Å².